The van der Waals surface area contributed by atoms with E-state index < -0.39 is 0 Å². The molecule has 0 N–H and O–H groups in total. The predicted molar refractivity (Wildman–Crippen MR) is 77.6 cm³/mol. The molecule has 0 saturated carbocycles. The summed E-state index contributed by atoms with van der Waals surface area (Å²) >= 11 is 6.24. The van der Waals surface area contributed by atoms with E-state index in [4.69, 9.17) is 11.6 Å². The molecular weight excluding hydrogens is 228 g/mol. The minimum atomic E-state index is 0.834. The molecule has 0 heterocycles. The highest BCUT2D eigenvalue weighted by Gasteiger charge is 2.02. The molecule has 2 rings (SSSR count). The van der Waals surface area contributed by atoms with E-state index >= 15 is 0 Å². The predicted octanol–water partition coefficient (Wildman–Crippen LogP) is 5.60. The van der Waals surface area contributed by atoms with Gasteiger partial charge in [0.05, 0.1) is 0 Å². The fourth-order valence-electron chi connectivity index (χ4n) is 1.63. The Morgan fingerprint density at radius 2 is 1.59 bits per heavy atom. The number of hydrogen-bond donors (Lipinski definition) is 0. The van der Waals surface area contributed by atoms with Gasteiger partial charge >= 0.3 is 0 Å². The van der Waals surface area contributed by atoms with Crippen molar-refractivity contribution in [2.75, 3.05) is 0 Å². The summed E-state index contributed by atoms with van der Waals surface area (Å²) in [6, 6.07) is 16.5. The molecule has 0 fully saturated rings. The molecule has 0 amide bonds. The van der Waals surface area contributed by atoms with Crippen molar-refractivity contribution in [2.45, 2.75) is 27.2 Å². The highest BCUT2D eigenvalue weighted by Crippen LogP contribution is 2.28. The van der Waals surface area contributed by atoms with E-state index in [1.54, 1.807) is 0 Å². The van der Waals surface area contributed by atoms with Gasteiger partial charge in [-0.2, -0.15) is 0 Å². The third kappa shape index (κ3) is 3.61. The number of hydrogen-bond acceptors (Lipinski definition) is 0. The largest absolute Gasteiger partial charge is 0.0837 e. The van der Waals surface area contributed by atoms with E-state index in [0.29, 0.717) is 0 Å². The number of halogens is 1. The van der Waals surface area contributed by atoms with E-state index in [1.807, 2.05) is 38.1 Å². The van der Waals surface area contributed by atoms with Crippen LogP contribution in [0.4, 0.5) is 0 Å². The average molecular weight is 247 g/mol. The minimum absolute atomic E-state index is 0.834. The van der Waals surface area contributed by atoms with Crippen molar-refractivity contribution in [3.63, 3.8) is 0 Å². The Balaban J connectivity index is 0.000000686. The van der Waals surface area contributed by atoms with Crippen molar-refractivity contribution < 1.29 is 0 Å². The summed E-state index contributed by atoms with van der Waals surface area (Å²) in [7, 11) is 0. The Morgan fingerprint density at radius 3 is 2.12 bits per heavy atom. The third-order valence-corrected chi connectivity index (χ3v) is 2.84. The topological polar surface area (TPSA) is 0 Å². The molecule has 17 heavy (non-hydrogen) atoms. The van der Waals surface area contributed by atoms with Gasteiger partial charge in [0.15, 0.2) is 0 Å². The third-order valence-electron chi connectivity index (χ3n) is 2.53. The van der Waals surface area contributed by atoms with Gasteiger partial charge in [0.25, 0.3) is 0 Å². The molecule has 0 unspecified atom stereocenters. The lowest BCUT2D eigenvalue weighted by Crippen LogP contribution is -1.83. The average Bonchev–Trinajstić information content (AvgIpc) is 2.42. The van der Waals surface area contributed by atoms with Crippen molar-refractivity contribution in [3.05, 3.63) is 59.1 Å². The van der Waals surface area contributed by atoms with E-state index in [0.717, 1.165) is 17.0 Å². The van der Waals surface area contributed by atoms with Crippen molar-refractivity contribution in [3.8, 4) is 11.1 Å². The van der Waals surface area contributed by atoms with Gasteiger partial charge in [-0.15, -0.1) is 0 Å². The van der Waals surface area contributed by atoms with Crippen molar-refractivity contribution in [1.29, 1.82) is 0 Å². The Bertz CT molecular complexity index is 446. The summed E-state index contributed by atoms with van der Waals surface area (Å²) in [6.45, 7) is 6.13. The van der Waals surface area contributed by atoms with E-state index in [9.17, 15) is 0 Å². The fourth-order valence-corrected chi connectivity index (χ4v) is 1.94. The molecule has 0 aliphatic heterocycles. The van der Waals surface area contributed by atoms with Crippen LogP contribution >= 0.6 is 11.6 Å². The van der Waals surface area contributed by atoms with E-state index in [2.05, 4.69) is 31.2 Å². The summed E-state index contributed by atoms with van der Waals surface area (Å²) in [5.74, 6) is 0. The standard InChI is InChI=1S/C14H13Cl.C2H6/c1-2-11-8-9-13(14(15)10-11)12-6-4-3-5-7-12;1-2/h3-10H,2H2,1H3;1-2H3. The molecule has 0 saturated heterocycles. The Morgan fingerprint density at radius 1 is 0.941 bits per heavy atom. The second-order valence-electron chi connectivity index (χ2n) is 3.53. The van der Waals surface area contributed by atoms with Gasteiger partial charge in [0, 0.05) is 10.6 Å². The van der Waals surface area contributed by atoms with Crippen LogP contribution in [0, 0.1) is 0 Å². The molecule has 0 radical (unpaired) electrons. The molecule has 90 valence electrons. The second-order valence-corrected chi connectivity index (χ2v) is 3.94. The van der Waals surface area contributed by atoms with E-state index in [1.165, 1.54) is 11.1 Å². The van der Waals surface area contributed by atoms with Crippen molar-refractivity contribution >= 4 is 11.6 Å². The van der Waals surface area contributed by atoms with Crippen molar-refractivity contribution in [2.24, 2.45) is 0 Å². The van der Waals surface area contributed by atoms with Gasteiger partial charge in [-0.25, -0.2) is 0 Å². The molecule has 0 nitrogen and oxygen atoms in total. The Kier molecular flexibility index (Phi) is 5.79. The van der Waals surface area contributed by atoms with Crippen LogP contribution in [0.5, 0.6) is 0 Å². The summed E-state index contributed by atoms with van der Waals surface area (Å²) in [5.41, 5.74) is 3.55. The van der Waals surface area contributed by atoms with Gasteiger partial charge in [-0.1, -0.05) is 74.8 Å². The lowest BCUT2D eigenvalue weighted by atomic mass is 10.0. The molecule has 1 heteroatoms. The molecule has 0 aliphatic carbocycles. The molecule has 0 aromatic heterocycles. The molecule has 2 aromatic rings. The SMILES string of the molecule is CC.CCc1ccc(-c2ccccc2)c(Cl)c1. The smallest absolute Gasteiger partial charge is 0.0487 e. The first-order valence-corrected chi connectivity index (χ1v) is 6.53. The maximum atomic E-state index is 6.24. The van der Waals surface area contributed by atoms with Gasteiger partial charge < -0.3 is 0 Å². The summed E-state index contributed by atoms with van der Waals surface area (Å²) in [5, 5.41) is 0.834. The molecule has 0 bridgehead atoms. The quantitative estimate of drug-likeness (QED) is 0.647. The first kappa shape index (κ1) is 13.8. The Labute approximate surface area is 109 Å². The molecule has 0 atom stereocenters. The highest BCUT2D eigenvalue weighted by molar-refractivity contribution is 6.33. The fraction of sp³-hybridized carbons (Fsp3) is 0.250. The van der Waals surface area contributed by atoms with Gasteiger partial charge in [-0.05, 0) is 23.6 Å². The van der Waals surface area contributed by atoms with Crippen LogP contribution in [0.15, 0.2) is 48.5 Å². The van der Waals surface area contributed by atoms with Gasteiger partial charge in [-0.3, -0.25) is 0 Å². The number of aryl methyl sites for hydroxylation is 1. The van der Waals surface area contributed by atoms with E-state index in [-0.39, 0.29) is 0 Å². The lowest BCUT2D eigenvalue weighted by Gasteiger charge is -2.06. The van der Waals surface area contributed by atoms with Gasteiger partial charge in [0.1, 0.15) is 0 Å². The first-order valence-electron chi connectivity index (χ1n) is 6.15. The van der Waals surface area contributed by atoms with Crippen LogP contribution < -0.4 is 0 Å². The number of rotatable bonds is 2. The highest BCUT2D eigenvalue weighted by atomic mass is 35.5. The van der Waals surface area contributed by atoms with Crippen LogP contribution in [0.2, 0.25) is 5.02 Å². The monoisotopic (exact) mass is 246 g/mol. The zero-order valence-electron chi connectivity index (χ0n) is 10.7. The normalized spacial score (nSPS) is 9.41. The minimum Gasteiger partial charge on any atom is -0.0837 e. The molecule has 2 aromatic carbocycles. The summed E-state index contributed by atoms with van der Waals surface area (Å²) in [4.78, 5) is 0. The van der Waals surface area contributed by atoms with Gasteiger partial charge in [0.2, 0.25) is 0 Å². The van der Waals surface area contributed by atoms with Crippen LogP contribution in [0.1, 0.15) is 26.3 Å². The maximum absolute atomic E-state index is 6.24. The molecule has 0 aliphatic rings. The van der Waals surface area contributed by atoms with Crippen molar-refractivity contribution in [1.82, 2.24) is 0 Å². The number of benzene rings is 2. The zero-order valence-corrected chi connectivity index (χ0v) is 11.5. The molecule has 0 spiro atoms. The van der Waals surface area contributed by atoms with Crippen LogP contribution in [0.3, 0.4) is 0 Å². The summed E-state index contributed by atoms with van der Waals surface area (Å²) in [6.07, 6.45) is 1.02. The zero-order chi connectivity index (χ0) is 12.7. The van der Waals surface area contributed by atoms with Crippen LogP contribution in [-0.4, -0.2) is 0 Å². The Hall–Kier alpha value is -1.27. The van der Waals surface area contributed by atoms with Crippen LogP contribution in [0.25, 0.3) is 11.1 Å². The molecular formula is C16H19Cl. The lowest BCUT2D eigenvalue weighted by molar-refractivity contribution is 1.14. The van der Waals surface area contributed by atoms with Crippen LogP contribution in [-0.2, 0) is 6.42 Å². The first-order chi connectivity index (χ1) is 8.31. The second kappa shape index (κ2) is 7.13. The maximum Gasteiger partial charge on any atom is 0.0487 e. The summed E-state index contributed by atoms with van der Waals surface area (Å²) < 4.78 is 0.